The summed E-state index contributed by atoms with van der Waals surface area (Å²) in [6.45, 7) is 6.54. The van der Waals surface area contributed by atoms with E-state index in [9.17, 15) is 0 Å². The zero-order valence-corrected chi connectivity index (χ0v) is 10.6. The van der Waals surface area contributed by atoms with Crippen LogP contribution in [-0.2, 0) is 11.3 Å². The highest BCUT2D eigenvalue weighted by Gasteiger charge is 2.26. The number of hydrogen-bond acceptors (Lipinski definition) is 4. The van der Waals surface area contributed by atoms with Crippen molar-refractivity contribution in [3.63, 3.8) is 0 Å². The number of nitrogens with zero attached hydrogens (tertiary/aromatic N) is 2. The van der Waals surface area contributed by atoms with E-state index in [1.807, 2.05) is 12.3 Å². The lowest BCUT2D eigenvalue weighted by molar-refractivity contribution is 0.0296. The van der Waals surface area contributed by atoms with Crippen molar-refractivity contribution < 1.29 is 4.74 Å². The Bertz CT molecular complexity index is 369. The van der Waals surface area contributed by atoms with Gasteiger partial charge in [-0.2, -0.15) is 0 Å². The Kier molecular flexibility index (Phi) is 3.97. The van der Waals surface area contributed by atoms with E-state index in [-0.39, 0.29) is 6.10 Å². The zero-order chi connectivity index (χ0) is 12.3. The molecule has 4 nitrogen and oxygen atoms in total. The molecule has 2 rings (SSSR count). The summed E-state index contributed by atoms with van der Waals surface area (Å²) in [6.07, 6.45) is 3.17. The molecule has 0 radical (unpaired) electrons. The largest absolute Gasteiger partial charge is 0.375 e. The highest BCUT2D eigenvalue weighted by atomic mass is 16.5. The number of anilines is 1. The molecule has 1 aromatic rings. The number of hydrogen-bond donors (Lipinski definition) is 1. The van der Waals surface area contributed by atoms with Crippen LogP contribution in [0.4, 0.5) is 5.82 Å². The predicted molar refractivity (Wildman–Crippen MR) is 69.0 cm³/mol. The van der Waals surface area contributed by atoms with Crippen LogP contribution in [0, 0.1) is 0 Å². The van der Waals surface area contributed by atoms with Crippen molar-refractivity contribution >= 4 is 5.82 Å². The molecule has 2 unspecified atom stereocenters. The van der Waals surface area contributed by atoms with E-state index in [4.69, 9.17) is 10.5 Å². The minimum absolute atomic E-state index is 0.265. The van der Waals surface area contributed by atoms with Crippen LogP contribution in [0.1, 0.15) is 25.8 Å². The number of rotatable bonds is 3. The average Bonchev–Trinajstić information content (AvgIpc) is 2.39. The molecular weight excluding hydrogens is 214 g/mol. The fraction of sp³-hybridized carbons (Fsp3) is 0.615. The van der Waals surface area contributed by atoms with E-state index in [0.717, 1.165) is 31.0 Å². The summed E-state index contributed by atoms with van der Waals surface area (Å²) in [4.78, 5) is 6.80. The number of aromatic nitrogens is 1. The predicted octanol–water partition coefficient (Wildman–Crippen LogP) is 1.54. The van der Waals surface area contributed by atoms with Gasteiger partial charge in [-0.3, -0.25) is 0 Å². The highest BCUT2D eigenvalue weighted by Crippen LogP contribution is 2.22. The molecule has 1 saturated heterocycles. The van der Waals surface area contributed by atoms with Gasteiger partial charge < -0.3 is 15.4 Å². The summed E-state index contributed by atoms with van der Waals surface area (Å²) in [5.74, 6) is 1.02. The SMILES string of the molecule is CCC1COC(C)CN1c1cc(CN)ccn1. The third kappa shape index (κ3) is 2.76. The van der Waals surface area contributed by atoms with Crippen LogP contribution >= 0.6 is 0 Å². The monoisotopic (exact) mass is 235 g/mol. The molecule has 4 heteroatoms. The van der Waals surface area contributed by atoms with Crippen molar-refractivity contribution in [2.75, 3.05) is 18.1 Å². The smallest absolute Gasteiger partial charge is 0.129 e. The maximum absolute atomic E-state index is 5.70. The fourth-order valence-electron chi connectivity index (χ4n) is 2.21. The lowest BCUT2D eigenvalue weighted by atomic mass is 10.1. The standard InChI is InChI=1S/C13H21N3O/c1-3-12-9-17-10(2)8-16(12)13-6-11(7-14)4-5-15-13/h4-6,10,12H,3,7-9,14H2,1-2H3. The third-order valence-electron chi connectivity index (χ3n) is 3.28. The first-order valence-corrected chi connectivity index (χ1v) is 6.27. The van der Waals surface area contributed by atoms with Gasteiger partial charge in [0.25, 0.3) is 0 Å². The summed E-state index contributed by atoms with van der Waals surface area (Å²) in [6, 6.07) is 4.47. The lowest BCUT2D eigenvalue weighted by Crippen LogP contribution is -2.49. The molecule has 1 fully saturated rings. The Balaban J connectivity index is 2.22. The van der Waals surface area contributed by atoms with Gasteiger partial charge in [0.15, 0.2) is 0 Å². The Morgan fingerprint density at radius 2 is 2.41 bits per heavy atom. The molecule has 0 spiro atoms. The molecule has 17 heavy (non-hydrogen) atoms. The van der Waals surface area contributed by atoms with Gasteiger partial charge in [0.1, 0.15) is 5.82 Å². The van der Waals surface area contributed by atoms with Crippen LogP contribution in [0.2, 0.25) is 0 Å². The molecule has 2 atom stereocenters. The van der Waals surface area contributed by atoms with Crippen LogP contribution in [0.5, 0.6) is 0 Å². The summed E-state index contributed by atoms with van der Waals surface area (Å²) in [5, 5.41) is 0. The zero-order valence-electron chi connectivity index (χ0n) is 10.6. The van der Waals surface area contributed by atoms with E-state index >= 15 is 0 Å². The van der Waals surface area contributed by atoms with Gasteiger partial charge in [-0.1, -0.05) is 6.92 Å². The van der Waals surface area contributed by atoms with Crippen molar-refractivity contribution in [3.8, 4) is 0 Å². The summed E-state index contributed by atoms with van der Waals surface area (Å²) in [5.41, 5.74) is 6.80. The van der Waals surface area contributed by atoms with Gasteiger partial charge >= 0.3 is 0 Å². The van der Waals surface area contributed by atoms with Gasteiger partial charge in [-0.15, -0.1) is 0 Å². The lowest BCUT2D eigenvalue weighted by Gasteiger charge is -2.39. The van der Waals surface area contributed by atoms with Gasteiger partial charge in [0.2, 0.25) is 0 Å². The Hall–Kier alpha value is -1.13. The Labute approximate surface area is 103 Å². The molecule has 2 heterocycles. The Morgan fingerprint density at radius 3 is 3.12 bits per heavy atom. The molecule has 1 aliphatic rings. The first-order chi connectivity index (χ1) is 8.24. The molecule has 0 bridgehead atoms. The molecule has 1 aromatic heterocycles. The van der Waals surface area contributed by atoms with Crippen LogP contribution in [-0.4, -0.2) is 30.3 Å². The minimum atomic E-state index is 0.265. The second-order valence-corrected chi connectivity index (χ2v) is 4.58. The maximum Gasteiger partial charge on any atom is 0.129 e. The number of pyridine rings is 1. The van der Waals surface area contributed by atoms with E-state index in [1.54, 1.807) is 0 Å². The van der Waals surface area contributed by atoms with Crippen molar-refractivity contribution in [2.24, 2.45) is 5.73 Å². The van der Waals surface area contributed by atoms with Gasteiger partial charge in [0.05, 0.1) is 18.8 Å². The summed E-state index contributed by atoms with van der Waals surface area (Å²) in [7, 11) is 0. The minimum Gasteiger partial charge on any atom is -0.375 e. The molecule has 0 aliphatic carbocycles. The molecule has 1 aliphatic heterocycles. The van der Waals surface area contributed by atoms with E-state index in [2.05, 4.69) is 29.8 Å². The average molecular weight is 235 g/mol. The summed E-state index contributed by atoms with van der Waals surface area (Å²) < 4.78 is 5.70. The fourth-order valence-corrected chi connectivity index (χ4v) is 2.21. The van der Waals surface area contributed by atoms with E-state index < -0.39 is 0 Å². The van der Waals surface area contributed by atoms with E-state index in [1.165, 1.54) is 0 Å². The van der Waals surface area contributed by atoms with Crippen molar-refractivity contribution in [2.45, 2.75) is 39.0 Å². The molecule has 0 saturated carbocycles. The van der Waals surface area contributed by atoms with Crippen LogP contribution in [0.15, 0.2) is 18.3 Å². The Morgan fingerprint density at radius 1 is 1.59 bits per heavy atom. The van der Waals surface area contributed by atoms with Crippen LogP contribution in [0.25, 0.3) is 0 Å². The molecular formula is C13H21N3O. The summed E-state index contributed by atoms with van der Waals surface area (Å²) >= 11 is 0. The highest BCUT2D eigenvalue weighted by molar-refractivity contribution is 5.43. The number of nitrogens with two attached hydrogens (primary N) is 1. The number of ether oxygens (including phenoxy) is 1. The first kappa shape index (κ1) is 12.3. The van der Waals surface area contributed by atoms with Gasteiger partial charge in [-0.05, 0) is 31.0 Å². The second kappa shape index (κ2) is 5.47. The van der Waals surface area contributed by atoms with Crippen molar-refractivity contribution in [1.82, 2.24) is 4.98 Å². The van der Waals surface area contributed by atoms with Crippen molar-refractivity contribution in [1.29, 1.82) is 0 Å². The number of morpholine rings is 1. The van der Waals surface area contributed by atoms with Gasteiger partial charge in [-0.25, -0.2) is 4.98 Å². The van der Waals surface area contributed by atoms with Crippen LogP contribution in [0.3, 0.4) is 0 Å². The third-order valence-corrected chi connectivity index (χ3v) is 3.28. The first-order valence-electron chi connectivity index (χ1n) is 6.27. The normalized spacial score (nSPS) is 25.0. The van der Waals surface area contributed by atoms with Crippen LogP contribution < -0.4 is 10.6 Å². The molecule has 0 amide bonds. The van der Waals surface area contributed by atoms with Crippen molar-refractivity contribution in [3.05, 3.63) is 23.9 Å². The van der Waals surface area contributed by atoms with Gasteiger partial charge in [0, 0.05) is 19.3 Å². The molecule has 0 aromatic carbocycles. The topological polar surface area (TPSA) is 51.4 Å². The molecule has 94 valence electrons. The quantitative estimate of drug-likeness (QED) is 0.863. The van der Waals surface area contributed by atoms with E-state index in [0.29, 0.717) is 12.6 Å². The second-order valence-electron chi connectivity index (χ2n) is 4.58. The molecule has 2 N–H and O–H groups in total. The maximum atomic E-state index is 5.70.